The summed E-state index contributed by atoms with van der Waals surface area (Å²) in [6, 6.07) is 12.1. The van der Waals surface area contributed by atoms with E-state index >= 15 is 0 Å². The molecular formula is C18H16Cl3N3O2S. The van der Waals surface area contributed by atoms with E-state index in [9.17, 15) is 8.42 Å². The summed E-state index contributed by atoms with van der Waals surface area (Å²) in [7, 11) is -3.84. The van der Waals surface area contributed by atoms with Crippen LogP contribution in [0.3, 0.4) is 0 Å². The van der Waals surface area contributed by atoms with Gasteiger partial charge in [-0.3, -0.25) is 0 Å². The zero-order valence-electron chi connectivity index (χ0n) is 14.2. The smallest absolute Gasteiger partial charge is 0.246 e. The minimum absolute atomic E-state index is 0.0145. The van der Waals surface area contributed by atoms with Gasteiger partial charge in [-0.25, -0.2) is 8.42 Å². The van der Waals surface area contributed by atoms with Crippen molar-refractivity contribution in [1.82, 2.24) is 4.31 Å². The van der Waals surface area contributed by atoms with Gasteiger partial charge in [-0.05, 0) is 42.8 Å². The van der Waals surface area contributed by atoms with E-state index in [1.54, 1.807) is 12.1 Å². The summed E-state index contributed by atoms with van der Waals surface area (Å²) in [5.41, 5.74) is 1.54. The van der Waals surface area contributed by atoms with E-state index < -0.39 is 10.0 Å². The quantitative estimate of drug-likeness (QED) is 0.703. The Bertz CT molecular complexity index is 965. The molecule has 0 unspecified atom stereocenters. The van der Waals surface area contributed by atoms with Crippen LogP contribution in [0.25, 0.3) is 0 Å². The molecule has 0 radical (unpaired) electrons. The van der Waals surface area contributed by atoms with E-state index in [0.717, 1.165) is 5.69 Å². The normalized spacial score (nSPS) is 16.0. The molecule has 1 aliphatic rings. The first-order valence-corrected chi connectivity index (χ1v) is 10.8. The standard InChI is InChI=1S/C18H16Cl3N3O2S/c19-14-10-16(20)18(17(21)11-14)27(25,26)24-7-1-6-23(8-9-24)15-4-2-13(12-22)3-5-15/h2-5,10-11H,1,6-9H2. The number of nitrogens with zero attached hydrogens (tertiary/aromatic N) is 3. The fraction of sp³-hybridized carbons (Fsp3) is 0.278. The third kappa shape index (κ3) is 4.34. The molecule has 3 rings (SSSR count). The van der Waals surface area contributed by atoms with Crippen molar-refractivity contribution >= 4 is 50.5 Å². The molecule has 0 aromatic heterocycles. The number of sulfonamides is 1. The number of nitriles is 1. The molecule has 0 atom stereocenters. The number of benzene rings is 2. The van der Waals surface area contributed by atoms with Gasteiger partial charge in [-0.2, -0.15) is 9.57 Å². The van der Waals surface area contributed by atoms with Crippen molar-refractivity contribution in [3.8, 4) is 6.07 Å². The highest BCUT2D eigenvalue weighted by Crippen LogP contribution is 2.35. The number of rotatable bonds is 3. The summed E-state index contributed by atoms with van der Waals surface area (Å²) in [5, 5.41) is 9.22. The van der Waals surface area contributed by atoms with E-state index in [-0.39, 0.29) is 20.0 Å². The van der Waals surface area contributed by atoms with E-state index in [2.05, 4.69) is 11.0 Å². The minimum Gasteiger partial charge on any atom is -0.370 e. The van der Waals surface area contributed by atoms with Crippen LogP contribution in [0.5, 0.6) is 0 Å². The van der Waals surface area contributed by atoms with Crippen LogP contribution in [0, 0.1) is 11.3 Å². The Labute approximate surface area is 173 Å². The van der Waals surface area contributed by atoms with Gasteiger partial charge in [0.15, 0.2) is 0 Å². The van der Waals surface area contributed by atoms with Crippen LogP contribution in [0.1, 0.15) is 12.0 Å². The Kier molecular flexibility index (Phi) is 6.19. The van der Waals surface area contributed by atoms with Gasteiger partial charge in [0.25, 0.3) is 0 Å². The molecule has 0 amide bonds. The average molecular weight is 445 g/mol. The largest absolute Gasteiger partial charge is 0.370 e. The van der Waals surface area contributed by atoms with Crippen molar-refractivity contribution < 1.29 is 8.42 Å². The predicted octanol–water partition coefficient (Wildman–Crippen LogP) is 4.42. The molecule has 27 heavy (non-hydrogen) atoms. The van der Waals surface area contributed by atoms with E-state index in [1.165, 1.54) is 16.4 Å². The molecule has 1 heterocycles. The highest BCUT2D eigenvalue weighted by Gasteiger charge is 2.31. The zero-order chi connectivity index (χ0) is 19.6. The third-order valence-corrected chi connectivity index (χ3v) is 7.42. The first-order valence-electron chi connectivity index (χ1n) is 8.23. The Balaban J connectivity index is 1.82. The number of hydrogen-bond acceptors (Lipinski definition) is 4. The molecular weight excluding hydrogens is 429 g/mol. The second-order valence-electron chi connectivity index (χ2n) is 6.10. The van der Waals surface area contributed by atoms with Crippen molar-refractivity contribution in [2.45, 2.75) is 11.3 Å². The van der Waals surface area contributed by atoms with Gasteiger partial charge in [0.05, 0.1) is 21.7 Å². The molecule has 0 spiro atoms. The van der Waals surface area contributed by atoms with Gasteiger partial charge < -0.3 is 4.90 Å². The first kappa shape index (κ1) is 20.2. The zero-order valence-corrected chi connectivity index (χ0v) is 17.3. The molecule has 5 nitrogen and oxygen atoms in total. The van der Waals surface area contributed by atoms with Gasteiger partial charge in [0.1, 0.15) is 4.90 Å². The van der Waals surface area contributed by atoms with Crippen LogP contribution < -0.4 is 4.90 Å². The lowest BCUT2D eigenvalue weighted by molar-refractivity contribution is 0.433. The lowest BCUT2D eigenvalue weighted by Gasteiger charge is -2.24. The lowest BCUT2D eigenvalue weighted by Crippen LogP contribution is -2.35. The first-order chi connectivity index (χ1) is 12.8. The maximum atomic E-state index is 13.1. The second kappa shape index (κ2) is 8.26. The summed E-state index contributed by atoms with van der Waals surface area (Å²) >= 11 is 18.1. The van der Waals surface area contributed by atoms with Crippen molar-refractivity contribution in [2.75, 3.05) is 31.1 Å². The molecule has 2 aromatic carbocycles. The number of anilines is 1. The summed E-state index contributed by atoms with van der Waals surface area (Å²) in [6.07, 6.45) is 0.655. The molecule has 142 valence electrons. The molecule has 0 N–H and O–H groups in total. The number of halogens is 3. The van der Waals surface area contributed by atoms with Gasteiger partial charge >= 0.3 is 0 Å². The molecule has 2 aromatic rings. The molecule has 1 aliphatic heterocycles. The maximum absolute atomic E-state index is 13.1. The van der Waals surface area contributed by atoms with Crippen LogP contribution in [0.15, 0.2) is 41.3 Å². The third-order valence-electron chi connectivity index (χ3n) is 4.38. The van der Waals surface area contributed by atoms with E-state index in [4.69, 9.17) is 40.1 Å². The minimum atomic E-state index is -3.84. The summed E-state index contributed by atoms with van der Waals surface area (Å²) < 4.78 is 27.6. The van der Waals surface area contributed by atoms with Crippen molar-refractivity contribution in [3.63, 3.8) is 0 Å². The van der Waals surface area contributed by atoms with Crippen LogP contribution in [0.4, 0.5) is 5.69 Å². The Morgan fingerprint density at radius 1 is 0.926 bits per heavy atom. The van der Waals surface area contributed by atoms with Crippen molar-refractivity contribution in [2.24, 2.45) is 0 Å². The molecule has 0 bridgehead atoms. The Hall–Kier alpha value is -1.49. The van der Waals surface area contributed by atoms with Crippen LogP contribution in [-0.2, 0) is 10.0 Å². The van der Waals surface area contributed by atoms with Gasteiger partial charge in [0.2, 0.25) is 10.0 Å². The number of hydrogen-bond donors (Lipinski definition) is 0. The predicted molar refractivity (Wildman–Crippen MR) is 108 cm³/mol. The fourth-order valence-corrected chi connectivity index (χ4v) is 6.01. The monoisotopic (exact) mass is 443 g/mol. The van der Waals surface area contributed by atoms with Crippen LogP contribution in [-0.4, -0.2) is 38.9 Å². The lowest BCUT2D eigenvalue weighted by atomic mass is 10.2. The average Bonchev–Trinajstić information content (AvgIpc) is 2.87. The topological polar surface area (TPSA) is 64.4 Å². The van der Waals surface area contributed by atoms with Crippen LogP contribution >= 0.6 is 34.8 Å². The summed E-state index contributed by atoms with van der Waals surface area (Å²) in [4.78, 5) is 1.99. The SMILES string of the molecule is N#Cc1ccc(N2CCCN(S(=O)(=O)c3c(Cl)cc(Cl)cc3Cl)CC2)cc1. The van der Waals surface area contributed by atoms with Crippen molar-refractivity contribution in [3.05, 3.63) is 57.0 Å². The van der Waals surface area contributed by atoms with E-state index in [1.807, 2.05) is 12.1 Å². The molecule has 9 heteroatoms. The van der Waals surface area contributed by atoms with Gasteiger partial charge in [-0.1, -0.05) is 34.8 Å². The molecule has 1 fully saturated rings. The van der Waals surface area contributed by atoms with Crippen LogP contribution in [0.2, 0.25) is 15.1 Å². The summed E-state index contributed by atoms with van der Waals surface area (Å²) in [6.45, 7) is 1.90. The van der Waals surface area contributed by atoms with Gasteiger partial charge in [-0.15, -0.1) is 0 Å². The maximum Gasteiger partial charge on any atom is 0.246 e. The molecule has 0 saturated carbocycles. The van der Waals surface area contributed by atoms with Gasteiger partial charge in [0, 0.05) is 36.9 Å². The fourth-order valence-electron chi connectivity index (χ4n) is 3.04. The second-order valence-corrected chi connectivity index (χ2v) is 9.23. The van der Waals surface area contributed by atoms with Crippen molar-refractivity contribution in [1.29, 1.82) is 5.26 Å². The Morgan fingerprint density at radius 3 is 2.15 bits per heavy atom. The molecule has 1 saturated heterocycles. The highest BCUT2D eigenvalue weighted by molar-refractivity contribution is 7.89. The highest BCUT2D eigenvalue weighted by atomic mass is 35.5. The van der Waals surface area contributed by atoms with E-state index in [0.29, 0.717) is 38.2 Å². The molecule has 0 aliphatic carbocycles. The summed E-state index contributed by atoms with van der Waals surface area (Å²) in [5.74, 6) is 0. The Morgan fingerprint density at radius 2 is 1.56 bits per heavy atom.